The molecule has 0 saturated heterocycles. The van der Waals surface area contributed by atoms with Gasteiger partial charge in [-0.3, -0.25) is 4.79 Å². The van der Waals surface area contributed by atoms with Crippen LogP contribution in [0.4, 0.5) is 0 Å². The van der Waals surface area contributed by atoms with E-state index < -0.39 is 0 Å². The summed E-state index contributed by atoms with van der Waals surface area (Å²) in [5.41, 5.74) is 0. The number of ketones is 1. The molecular weight excluding hydrogens is 196 g/mol. The molecule has 0 unspecified atom stereocenters. The molecule has 0 aromatic carbocycles. The molecule has 1 heteroatoms. The van der Waals surface area contributed by atoms with E-state index in [0.717, 1.165) is 19.3 Å². The third-order valence-corrected chi connectivity index (χ3v) is 1.83. The smallest absolute Gasteiger partial charge is 0.153 e. The molecule has 0 saturated carbocycles. The summed E-state index contributed by atoms with van der Waals surface area (Å²) in [5.74, 6) is 11.1. The van der Waals surface area contributed by atoms with Crippen LogP contribution < -0.4 is 0 Å². The molecule has 0 spiro atoms. The quantitative estimate of drug-likeness (QED) is 0.287. The summed E-state index contributed by atoms with van der Waals surface area (Å²) in [6, 6.07) is 0. The minimum absolute atomic E-state index is 0.00415. The number of rotatable bonds is 6. The second-order valence-electron chi connectivity index (χ2n) is 3.40. The Balaban J connectivity index is 3.54. The summed E-state index contributed by atoms with van der Waals surface area (Å²) >= 11 is 0. The molecule has 0 atom stereocenters. The van der Waals surface area contributed by atoms with Crippen LogP contribution in [0.15, 0.2) is 24.8 Å². The Morgan fingerprint density at radius 2 is 2.06 bits per heavy atom. The van der Waals surface area contributed by atoms with Crippen LogP contribution in [0.5, 0.6) is 0 Å². The van der Waals surface area contributed by atoms with Crippen LogP contribution in [0.1, 0.15) is 39.0 Å². The van der Waals surface area contributed by atoms with Gasteiger partial charge in [-0.25, -0.2) is 0 Å². The van der Waals surface area contributed by atoms with Gasteiger partial charge in [-0.15, -0.1) is 6.58 Å². The van der Waals surface area contributed by atoms with Gasteiger partial charge in [0.15, 0.2) is 5.78 Å². The van der Waals surface area contributed by atoms with Crippen molar-refractivity contribution in [3.63, 3.8) is 0 Å². The summed E-state index contributed by atoms with van der Waals surface area (Å²) in [5, 5.41) is 0. The fourth-order valence-electron chi connectivity index (χ4n) is 1.02. The second kappa shape index (κ2) is 11.3. The predicted molar refractivity (Wildman–Crippen MR) is 68.7 cm³/mol. The third kappa shape index (κ3) is 12.3. The summed E-state index contributed by atoms with van der Waals surface area (Å²) in [6.07, 6.45) is 10.4. The first-order chi connectivity index (χ1) is 7.77. The lowest BCUT2D eigenvalue weighted by atomic mass is 10.1. The summed E-state index contributed by atoms with van der Waals surface area (Å²) in [4.78, 5) is 10.5. The summed E-state index contributed by atoms with van der Waals surface area (Å²) in [6.45, 7) is 5.17. The van der Waals surface area contributed by atoms with Gasteiger partial charge in [0.2, 0.25) is 0 Å². The van der Waals surface area contributed by atoms with Crippen molar-refractivity contribution in [2.75, 3.05) is 0 Å². The Bertz CT molecular complexity index is 352. The van der Waals surface area contributed by atoms with Gasteiger partial charge in [-0.1, -0.05) is 24.3 Å². The Labute approximate surface area is 98.6 Å². The molecule has 0 N–H and O–H groups in total. The van der Waals surface area contributed by atoms with E-state index >= 15 is 0 Å². The van der Waals surface area contributed by atoms with Crippen LogP contribution in [0.2, 0.25) is 0 Å². The van der Waals surface area contributed by atoms with E-state index in [4.69, 9.17) is 0 Å². The first kappa shape index (κ1) is 14.3. The second-order valence-corrected chi connectivity index (χ2v) is 3.40. The number of carbonyl (C=O) groups is 1. The third-order valence-electron chi connectivity index (χ3n) is 1.83. The minimum atomic E-state index is 0.00415. The fourth-order valence-corrected chi connectivity index (χ4v) is 1.02. The average Bonchev–Trinajstić information content (AvgIpc) is 2.25. The van der Waals surface area contributed by atoms with Gasteiger partial charge < -0.3 is 0 Å². The van der Waals surface area contributed by atoms with E-state index in [1.54, 1.807) is 0 Å². The molecule has 1 nitrogen and oxygen atoms in total. The predicted octanol–water partition coefficient (Wildman–Crippen LogP) is 3.27. The molecule has 0 aromatic rings. The molecule has 0 heterocycles. The average molecular weight is 214 g/mol. The SMILES string of the molecule is C=CCCCCCC#CC#C/C=C\C(C)=O. The van der Waals surface area contributed by atoms with E-state index in [1.165, 1.54) is 31.9 Å². The zero-order valence-corrected chi connectivity index (χ0v) is 9.88. The lowest BCUT2D eigenvalue weighted by Gasteiger charge is -1.91. The maximum Gasteiger partial charge on any atom is 0.153 e. The zero-order chi connectivity index (χ0) is 12.1. The van der Waals surface area contributed by atoms with E-state index in [1.807, 2.05) is 6.08 Å². The molecule has 16 heavy (non-hydrogen) atoms. The first-order valence-corrected chi connectivity index (χ1v) is 5.53. The highest BCUT2D eigenvalue weighted by Crippen LogP contribution is 2.01. The van der Waals surface area contributed by atoms with Crippen LogP contribution in [-0.4, -0.2) is 5.78 Å². The molecule has 0 radical (unpaired) electrons. The lowest BCUT2D eigenvalue weighted by molar-refractivity contribution is -0.112. The number of hydrogen-bond donors (Lipinski definition) is 0. The summed E-state index contributed by atoms with van der Waals surface area (Å²) < 4.78 is 0. The van der Waals surface area contributed by atoms with Crippen molar-refractivity contribution in [2.24, 2.45) is 0 Å². The highest BCUT2D eigenvalue weighted by molar-refractivity contribution is 5.87. The monoisotopic (exact) mass is 214 g/mol. The van der Waals surface area contributed by atoms with Crippen LogP contribution >= 0.6 is 0 Å². The molecule has 0 aromatic heterocycles. The molecule has 0 fully saturated rings. The van der Waals surface area contributed by atoms with Crippen molar-refractivity contribution in [3.8, 4) is 23.7 Å². The van der Waals surface area contributed by atoms with Crippen molar-refractivity contribution in [2.45, 2.75) is 39.0 Å². The molecule has 0 aliphatic heterocycles. The van der Waals surface area contributed by atoms with Crippen LogP contribution in [0.3, 0.4) is 0 Å². The van der Waals surface area contributed by atoms with Gasteiger partial charge in [0, 0.05) is 6.42 Å². The van der Waals surface area contributed by atoms with Gasteiger partial charge in [-0.05, 0) is 50.2 Å². The Hall–Kier alpha value is -1.73. The maximum atomic E-state index is 10.5. The highest BCUT2D eigenvalue weighted by atomic mass is 16.1. The van der Waals surface area contributed by atoms with Crippen LogP contribution in [-0.2, 0) is 4.79 Å². The van der Waals surface area contributed by atoms with E-state index in [2.05, 4.69) is 30.3 Å². The van der Waals surface area contributed by atoms with E-state index in [0.29, 0.717) is 0 Å². The molecule has 0 aliphatic carbocycles. The number of carbonyl (C=O) groups excluding carboxylic acids is 1. The van der Waals surface area contributed by atoms with Crippen molar-refractivity contribution in [3.05, 3.63) is 24.8 Å². The van der Waals surface area contributed by atoms with Crippen molar-refractivity contribution >= 4 is 5.78 Å². The molecule has 0 rings (SSSR count). The first-order valence-electron chi connectivity index (χ1n) is 5.53. The van der Waals surface area contributed by atoms with Crippen LogP contribution in [0, 0.1) is 23.7 Å². The number of hydrogen-bond acceptors (Lipinski definition) is 1. The van der Waals surface area contributed by atoms with E-state index in [-0.39, 0.29) is 5.78 Å². The molecule has 84 valence electrons. The van der Waals surface area contributed by atoms with Crippen molar-refractivity contribution in [1.29, 1.82) is 0 Å². The van der Waals surface area contributed by atoms with E-state index in [9.17, 15) is 4.79 Å². The van der Waals surface area contributed by atoms with Crippen LogP contribution in [0.25, 0.3) is 0 Å². The summed E-state index contributed by atoms with van der Waals surface area (Å²) in [7, 11) is 0. The van der Waals surface area contributed by atoms with Gasteiger partial charge in [0.1, 0.15) is 0 Å². The number of allylic oxidation sites excluding steroid dienone is 3. The van der Waals surface area contributed by atoms with Crippen molar-refractivity contribution in [1.82, 2.24) is 0 Å². The van der Waals surface area contributed by atoms with Gasteiger partial charge in [0.05, 0.1) is 0 Å². The van der Waals surface area contributed by atoms with Gasteiger partial charge in [-0.2, -0.15) is 0 Å². The Morgan fingerprint density at radius 1 is 1.25 bits per heavy atom. The zero-order valence-electron chi connectivity index (χ0n) is 9.88. The Kier molecular flexibility index (Phi) is 10.1. The molecule has 0 amide bonds. The number of unbranched alkanes of at least 4 members (excludes halogenated alkanes) is 4. The fraction of sp³-hybridized carbons (Fsp3) is 0.400. The largest absolute Gasteiger partial charge is 0.295 e. The Morgan fingerprint density at radius 3 is 2.75 bits per heavy atom. The van der Waals surface area contributed by atoms with Gasteiger partial charge in [0.25, 0.3) is 0 Å². The normalized spacial score (nSPS) is 8.81. The molecular formula is C15H18O. The highest BCUT2D eigenvalue weighted by Gasteiger charge is 1.83. The standard InChI is InChI=1S/C15H18O/c1-3-4-5-6-7-8-9-10-11-12-13-14-15(2)16/h3,13-14H,1,4-8H2,2H3/b14-13-. The lowest BCUT2D eigenvalue weighted by Crippen LogP contribution is -1.77. The maximum absolute atomic E-state index is 10.5. The minimum Gasteiger partial charge on any atom is -0.295 e. The topological polar surface area (TPSA) is 17.1 Å². The molecule has 0 bridgehead atoms. The van der Waals surface area contributed by atoms with Gasteiger partial charge >= 0.3 is 0 Å². The molecule has 0 aliphatic rings. The van der Waals surface area contributed by atoms with Crippen molar-refractivity contribution < 1.29 is 4.79 Å².